The number of para-hydroxylation sites is 1. The van der Waals surface area contributed by atoms with Gasteiger partial charge in [-0.1, -0.05) is 36.4 Å². The van der Waals surface area contributed by atoms with Gasteiger partial charge in [-0.15, -0.1) is 5.10 Å². The van der Waals surface area contributed by atoms with E-state index in [1.165, 1.54) is 13.2 Å². The molecule has 0 atom stereocenters. The summed E-state index contributed by atoms with van der Waals surface area (Å²) in [7, 11) is 1.51. The Hall–Kier alpha value is -3.15. The average molecular weight is 353 g/mol. The zero-order chi connectivity index (χ0) is 18.4. The van der Waals surface area contributed by atoms with Crippen molar-refractivity contribution < 1.29 is 13.9 Å². The van der Waals surface area contributed by atoms with Crippen molar-refractivity contribution in [2.45, 2.75) is 12.8 Å². The van der Waals surface area contributed by atoms with Gasteiger partial charge in [-0.05, 0) is 36.6 Å². The SMILES string of the molecule is COc1cc(C(=O)NCCCc2ccccc2F)n(-c2ccccc2)n1. The first-order valence-corrected chi connectivity index (χ1v) is 8.40. The van der Waals surface area contributed by atoms with Gasteiger partial charge < -0.3 is 10.1 Å². The second-order valence-electron chi connectivity index (χ2n) is 5.77. The number of hydrogen-bond donors (Lipinski definition) is 1. The normalized spacial score (nSPS) is 10.5. The molecular weight excluding hydrogens is 333 g/mol. The number of methoxy groups -OCH3 is 1. The van der Waals surface area contributed by atoms with Crippen LogP contribution in [0.1, 0.15) is 22.5 Å². The number of ether oxygens (including phenoxy) is 1. The summed E-state index contributed by atoms with van der Waals surface area (Å²) in [5, 5.41) is 7.15. The molecule has 6 heteroatoms. The third-order valence-corrected chi connectivity index (χ3v) is 4.00. The molecule has 134 valence electrons. The highest BCUT2D eigenvalue weighted by molar-refractivity contribution is 5.93. The molecule has 0 radical (unpaired) electrons. The zero-order valence-corrected chi connectivity index (χ0v) is 14.5. The van der Waals surface area contributed by atoms with Crippen LogP contribution in [0.25, 0.3) is 5.69 Å². The standard InChI is InChI=1S/C20H20FN3O2/c1-26-19-14-18(24(23-19)16-10-3-2-4-11-16)20(25)22-13-7-9-15-8-5-6-12-17(15)21/h2-6,8,10-12,14H,7,9,13H2,1H3,(H,22,25). The molecular formula is C20H20FN3O2. The quantitative estimate of drug-likeness (QED) is 0.663. The van der Waals surface area contributed by atoms with E-state index in [0.29, 0.717) is 36.5 Å². The topological polar surface area (TPSA) is 56.1 Å². The Balaban J connectivity index is 1.64. The van der Waals surface area contributed by atoms with Crippen molar-refractivity contribution in [1.29, 1.82) is 0 Å². The van der Waals surface area contributed by atoms with Gasteiger partial charge in [0.05, 0.1) is 12.8 Å². The number of carbonyl (C=O) groups excluding carboxylic acids is 1. The largest absolute Gasteiger partial charge is 0.480 e. The number of nitrogens with zero attached hydrogens (tertiary/aromatic N) is 2. The lowest BCUT2D eigenvalue weighted by atomic mass is 10.1. The summed E-state index contributed by atoms with van der Waals surface area (Å²) in [5.74, 6) is -0.103. The van der Waals surface area contributed by atoms with E-state index < -0.39 is 0 Å². The molecule has 0 saturated carbocycles. The molecule has 0 aliphatic carbocycles. The average Bonchev–Trinajstić information content (AvgIpc) is 3.12. The third kappa shape index (κ3) is 4.08. The Labute approximate surface area is 151 Å². The Morgan fingerprint density at radius 1 is 1.15 bits per heavy atom. The van der Waals surface area contributed by atoms with Gasteiger partial charge in [0.2, 0.25) is 5.88 Å². The summed E-state index contributed by atoms with van der Waals surface area (Å²) in [4.78, 5) is 12.5. The van der Waals surface area contributed by atoms with Crippen molar-refractivity contribution in [2.75, 3.05) is 13.7 Å². The van der Waals surface area contributed by atoms with Gasteiger partial charge >= 0.3 is 0 Å². The number of carbonyl (C=O) groups is 1. The van der Waals surface area contributed by atoms with Crippen LogP contribution in [-0.2, 0) is 6.42 Å². The summed E-state index contributed by atoms with van der Waals surface area (Å²) in [6.45, 7) is 0.440. The molecule has 3 aromatic rings. The van der Waals surface area contributed by atoms with Gasteiger partial charge in [-0.3, -0.25) is 4.79 Å². The van der Waals surface area contributed by atoms with Crippen LogP contribution in [0, 0.1) is 5.82 Å². The highest BCUT2D eigenvalue weighted by Gasteiger charge is 2.16. The van der Waals surface area contributed by atoms with Crippen LogP contribution in [0.5, 0.6) is 5.88 Å². The van der Waals surface area contributed by atoms with Crippen LogP contribution in [-0.4, -0.2) is 29.3 Å². The predicted molar refractivity (Wildman–Crippen MR) is 97.2 cm³/mol. The monoisotopic (exact) mass is 353 g/mol. The van der Waals surface area contributed by atoms with Crippen molar-refractivity contribution in [3.63, 3.8) is 0 Å². The van der Waals surface area contributed by atoms with Gasteiger partial charge in [-0.25, -0.2) is 9.07 Å². The summed E-state index contributed by atoms with van der Waals surface area (Å²) in [6, 6.07) is 17.6. The van der Waals surface area contributed by atoms with E-state index in [1.807, 2.05) is 36.4 Å². The molecule has 1 amide bonds. The van der Waals surface area contributed by atoms with Crippen LogP contribution >= 0.6 is 0 Å². The van der Waals surface area contributed by atoms with E-state index in [-0.39, 0.29) is 11.7 Å². The maximum atomic E-state index is 13.6. The molecule has 0 aliphatic rings. The van der Waals surface area contributed by atoms with Gasteiger partial charge in [0.15, 0.2) is 0 Å². The van der Waals surface area contributed by atoms with Crippen LogP contribution in [0.15, 0.2) is 60.7 Å². The maximum absolute atomic E-state index is 13.6. The predicted octanol–water partition coefficient (Wildman–Crippen LogP) is 3.38. The van der Waals surface area contributed by atoms with Crippen molar-refractivity contribution in [3.8, 4) is 11.6 Å². The number of benzene rings is 2. The van der Waals surface area contributed by atoms with E-state index in [1.54, 1.807) is 22.9 Å². The summed E-state index contributed by atoms with van der Waals surface area (Å²) in [6.07, 6.45) is 1.21. The number of rotatable bonds is 7. The zero-order valence-electron chi connectivity index (χ0n) is 14.5. The fraction of sp³-hybridized carbons (Fsp3) is 0.200. The minimum atomic E-state index is -0.252. The smallest absolute Gasteiger partial charge is 0.270 e. The fourth-order valence-electron chi connectivity index (χ4n) is 2.66. The number of aromatic nitrogens is 2. The minimum absolute atomic E-state index is 0.217. The summed E-state index contributed by atoms with van der Waals surface area (Å²) in [5.41, 5.74) is 1.81. The highest BCUT2D eigenvalue weighted by Crippen LogP contribution is 2.17. The second-order valence-corrected chi connectivity index (χ2v) is 5.77. The Kier molecular flexibility index (Phi) is 5.63. The van der Waals surface area contributed by atoms with Crippen LogP contribution < -0.4 is 10.1 Å². The lowest BCUT2D eigenvalue weighted by Crippen LogP contribution is -2.27. The number of nitrogens with one attached hydrogen (secondary N) is 1. The Morgan fingerprint density at radius 2 is 1.88 bits per heavy atom. The van der Waals surface area contributed by atoms with Crippen molar-refractivity contribution in [1.82, 2.24) is 15.1 Å². The van der Waals surface area contributed by atoms with Gasteiger partial charge in [0.1, 0.15) is 11.5 Å². The molecule has 5 nitrogen and oxygen atoms in total. The van der Waals surface area contributed by atoms with Gasteiger partial charge in [-0.2, -0.15) is 0 Å². The van der Waals surface area contributed by atoms with Gasteiger partial charge in [0, 0.05) is 12.6 Å². The molecule has 0 unspecified atom stereocenters. The lowest BCUT2D eigenvalue weighted by molar-refractivity contribution is 0.0945. The maximum Gasteiger partial charge on any atom is 0.270 e. The Bertz CT molecular complexity index is 878. The number of hydrogen-bond acceptors (Lipinski definition) is 3. The molecule has 1 N–H and O–H groups in total. The molecule has 0 spiro atoms. The number of amides is 1. The summed E-state index contributed by atoms with van der Waals surface area (Å²) < 4.78 is 20.3. The van der Waals surface area contributed by atoms with E-state index >= 15 is 0 Å². The Morgan fingerprint density at radius 3 is 2.62 bits per heavy atom. The molecule has 1 heterocycles. The van der Waals surface area contributed by atoms with E-state index in [2.05, 4.69) is 10.4 Å². The minimum Gasteiger partial charge on any atom is -0.480 e. The molecule has 0 aliphatic heterocycles. The molecule has 2 aromatic carbocycles. The van der Waals surface area contributed by atoms with Crippen LogP contribution in [0.3, 0.4) is 0 Å². The summed E-state index contributed by atoms with van der Waals surface area (Å²) >= 11 is 0. The highest BCUT2D eigenvalue weighted by atomic mass is 19.1. The third-order valence-electron chi connectivity index (χ3n) is 4.00. The molecule has 0 saturated heterocycles. The fourth-order valence-corrected chi connectivity index (χ4v) is 2.66. The number of halogens is 1. The van der Waals surface area contributed by atoms with Crippen molar-refractivity contribution in [3.05, 3.63) is 77.7 Å². The molecule has 0 fully saturated rings. The van der Waals surface area contributed by atoms with Crippen molar-refractivity contribution >= 4 is 5.91 Å². The molecule has 3 rings (SSSR count). The first kappa shape index (κ1) is 17.7. The second kappa shape index (κ2) is 8.29. The van der Waals surface area contributed by atoms with Crippen molar-refractivity contribution in [2.24, 2.45) is 0 Å². The van der Waals surface area contributed by atoms with E-state index in [4.69, 9.17) is 4.74 Å². The molecule has 1 aromatic heterocycles. The lowest BCUT2D eigenvalue weighted by Gasteiger charge is -2.08. The van der Waals surface area contributed by atoms with E-state index in [9.17, 15) is 9.18 Å². The number of aryl methyl sites for hydroxylation is 1. The first-order valence-electron chi connectivity index (χ1n) is 8.40. The van der Waals surface area contributed by atoms with Gasteiger partial charge in [0.25, 0.3) is 5.91 Å². The van der Waals surface area contributed by atoms with Crippen LogP contribution in [0.2, 0.25) is 0 Å². The molecule has 26 heavy (non-hydrogen) atoms. The van der Waals surface area contributed by atoms with E-state index in [0.717, 1.165) is 5.69 Å². The molecule has 0 bridgehead atoms. The first-order chi connectivity index (χ1) is 12.7. The van der Waals surface area contributed by atoms with Crippen LogP contribution in [0.4, 0.5) is 4.39 Å².